The predicted octanol–water partition coefficient (Wildman–Crippen LogP) is 4.35. The van der Waals surface area contributed by atoms with Gasteiger partial charge in [0.05, 0.1) is 23.0 Å². The molecule has 7 heteroatoms. The van der Waals surface area contributed by atoms with Gasteiger partial charge in [-0.1, -0.05) is 35.6 Å². The van der Waals surface area contributed by atoms with Crippen LogP contribution in [0, 0.1) is 0 Å². The van der Waals surface area contributed by atoms with E-state index in [-0.39, 0.29) is 11.8 Å². The monoisotopic (exact) mass is 390 g/mol. The summed E-state index contributed by atoms with van der Waals surface area (Å²) in [6, 6.07) is 15.9. The number of fused-ring (bicyclic) bond motifs is 2. The van der Waals surface area contributed by atoms with Crippen molar-refractivity contribution in [3.05, 3.63) is 65.9 Å². The second kappa shape index (κ2) is 6.76. The normalized spacial score (nSPS) is 16.0. The predicted molar refractivity (Wildman–Crippen MR) is 109 cm³/mol. The summed E-state index contributed by atoms with van der Waals surface area (Å²) in [4.78, 5) is 17.1. The summed E-state index contributed by atoms with van der Waals surface area (Å²) in [5, 5.41) is 8.28. The molecule has 1 atom stereocenters. The number of hydrogen-bond acceptors (Lipinski definition) is 5. The third kappa shape index (κ3) is 2.84. The van der Waals surface area contributed by atoms with Crippen molar-refractivity contribution in [2.24, 2.45) is 0 Å². The number of carbonyl (C=O) groups is 1. The summed E-state index contributed by atoms with van der Waals surface area (Å²) in [6.45, 7) is 2.57. The molecule has 0 spiro atoms. The van der Waals surface area contributed by atoms with E-state index >= 15 is 0 Å². The topological polar surface area (TPSA) is 69.0 Å². The highest BCUT2D eigenvalue weighted by Crippen LogP contribution is 2.39. The maximum atomic E-state index is 12.5. The number of carbonyl (C=O) groups excluding carboxylic acids is 1. The second-order valence-electron chi connectivity index (χ2n) is 6.63. The molecule has 4 aromatic rings. The number of rotatable bonds is 4. The number of nitrogens with one attached hydrogen (secondary N) is 1. The number of para-hydroxylation sites is 1. The van der Waals surface area contributed by atoms with Crippen LogP contribution in [0.3, 0.4) is 0 Å². The van der Waals surface area contributed by atoms with E-state index in [1.807, 2.05) is 61.7 Å². The molecule has 0 saturated carbocycles. The Hall–Kier alpha value is -3.19. The molecule has 1 aliphatic heterocycles. The van der Waals surface area contributed by atoms with Crippen LogP contribution in [0.25, 0.3) is 15.3 Å². The van der Waals surface area contributed by atoms with E-state index in [9.17, 15) is 4.79 Å². The Balaban J connectivity index is 1.59. The molecular weight excluding hydrogens is 372 g/mol. The molecule has 140 valence electrons. The van der Waals surface area contributed by atoms with Gasteiger partial charge in [0.1, 0.15) is 11.6 Å². The molecule has 2 aromatic heterocycles. The second-order valence-corrected chi connectivity index (χ2v) is 7.64. The molecule has 1 aliphatic rings. The highest BCUT2D eigenvalue weighted by Gasteiger charge is 2.31. The average molecular weight is 390 g/mol. The largest absolute Gasteiger partial charge is 0.494 e. The van der Waals surface area contributed by atoms with E-state index in [0.29, 0.717) is 18.8 Å². The maximum Gasteiger partial charge on any atom is 0.226 e. The number of nitrogens with zero attached hydrogens (tertiary/aromatic N) is 3. The van der Waals surface area contributed by atoms with Crippen molar-refractivity contribution in [3.63, 3.8) is 0 Å². The van der Waals surface area contributed by atoms with Crippen LogP contribution in [0.15, 0.2) is 54.7 Å². The lowest BCUT2D eigenvalue weighted by atomic mass is 9.87. The van der Waals surface area contributed by atoms with E-state index in [4.69, 9.17) is 4.74 Å². The summed E-state index contributed by atoms with van der Waals surface area (Å²) >= 11 is 1.55. The average Bonchev–Trinajstić information content (AvgIpc) is 3.31. The molecule has 0 aliphatic carbocycles. The zero-order valence-electron chi connectivity index (χ0n) is 15.3. The van der Waals surface area contributed by atoms with Gasteiger partial charge in [-0.15, -0.1) is 0 Å². The van der Waals surface area contributed by atoms with Gasteiger partial charge in [0, 0.05) is 17.9 Å². The first-order valence-electron chi connectivity index (χ1n) is 9.19. The molecule has 2 aromatic carbocycles. The highest BCUT2D eigenvalue weighted by molar-refractivity contribution is 7.20. The summed E-state index contributed by atoms with van der Waals surface area (Å²) in [6.07, 6.45) is 2.22. The molecule has 1 N–H and O–H groups in total. The molecule has 0 bridgehead atoms. The first kappa shape index (κ1) is 16.9. The maximum absolute atomic E-state index is 12.5. The Bertz CT molecular complexity index is 1150. The number of anilines is 1. The van der Waals surface area contributed by atoms with E-state index in [2.05, 4.69) is 15.4 Å². The van der Waals surface area contributed by atoms with Crippen LogP contribution in [-0.2, 0) is 4.79 Å². The van der Waals surface area contributed by atoms with Gasteiger partial charge >= 0.3 is 0 Å². The molecule has 1 amide bonds. The first-order chi connectivity index (χ1) is 13.7. The fourth-order valence-electron chi connectivity index (χ4n) is 3.60. The third-order valence-corrected chi connectivity index (χ3v) is 5.87. The molecule has 0 fully saturated rings. The van der Waals surface area contributed by atoms with Crippen LogP contribution >= 0.6 is 11.3 Å². The quantitative estimate of drug-likeness (QED) is 0.562. The molecule has 3 heterocycles. The molecule has 1 unspecified atom stereocenters. The summed E-state index contributed by atoms with van der Waals surface area (Å²) in [5.41, 5.74) is 2.97. The van der Waals surface area contributed by atoms with Gasteiger partial charge in [-0.05, 0) is 36.8 Å². The highest BCUT2D eigenvalue weighted by atomic mass is 32.1. The van der Waals surface area contributed by atoms with Gasteiger partial charge in [0.2, 0.25) is 11.0 Å². The van der Waals surface area contributed by atoms with Gasteiger partial charge in [-0.3, -0.25) is 4.79 Å². The Morgan fingerprint density at radius 1 is 1.25 bits per heavy atom. The minimum Gasteiger partial charge on any atom is -0.494 e. The number of aromatic nitrogens is 3. The van der Waals surface area contributed by atoms with Crippen molar-refractivity contribution in [1.29, 1.82) is 0 Å². The Morgan fingerprint density at radius 3 is 3.00 bits per heavy atom. The van der Waals surface area contributed by atoms with Crippen LogP contribution in [0.5, 0.6) is 5.75 Å². The third-order valence-electron chi connectivity index (χ3n) is 4.86. The van der Waals surface area contributed by atoms with Gasteiger partial charge in [-0.2, -0.15) is 9.78 Å². The fraction of sp³-hybridized carbons (Fsp3) is 0.190. The molecule has 0 radical (unpaired) electrons. The number of thiazole rings is 1. The minimum atomic E-state index is -0.0627. The van der Waals surface area contributed by atoms with Crippen LogP contribution in [0.1, 0.15) is 30.4 Å². The van der Waals surface area contributed by atoms with E-state index in [1.165, 1.54) is 0 Å². The van der Waals surface area contributed by atoms with Crippen molar-refractivity contribution in [1.82, 2.24) is 14.8 Å². The Morgan fingerprint density at radius 2 is 2.14 bits per heavy atom. The summed E-state index contributed by atoms with van der Waals surface area (Å²) in [5.74, 6) is 1.42. The van der Waals surface area contributed by atoms with Gasteiger partial charge in [0.25, 0.3) is 0 Å². The number of benzene rings is 2. The van der Waals surface area contributed by atoms with Crippen LogP contribution < -0.4 is 10.1 Å². The summed E-state index contributed by atoms with van der Waals surface area (Å²) in [7, 11) is 0. The van der Waals surface area contributed by atoms with E-state index in [1.54, 1.807) is 16.0 Å². The van der Waals surface area contributed by atoms with Gasteiger partial charge < -0.3 is 10.1 Å². The Kier molecular flexibility index (Phi) is 4.09. The van der Waals surface area contributed by atoms with E-state index < -0.39 is 0 Å². The van der Waals surface area contributed by atoms with Crippen LogP contribution in [0.2, 0.25) is 0 Å². The summed E-state index contributed by atoms with van der Waals surface area (Å²) < 4.78 is 8.45. The van der Waals surface area contributed by atoms with Crippen molar-refractivity contribution in [3.8, 4) is 10.9 Å². The van der Waals surface area contributed by atoms with Crippen molar-refractivity contribution in [2.75, 3.05) is 11.9 Å². The van der Waals surface area contributed by atoms with Crippen molar-refractivity contribution < 1.29 is 9.53 Å². The first-order valence-corrected chi connectivity index (χ1v) is 10.0. The van der Waals surface area contributed by atoms with E-state index in [0.717, 1.165) is 32.2 Å². The van der Waals surface area contributed by atoms with Gasteiger partial charge in [-0.25, -0.2) is 4.98 Å². The molecular formula is C21H18N4O2S. The number of ether oxygens (including phenoxy) is 1. The Labute approximate surface area is 165 Å². The smallest absolute Gasteiger partial charge is 0.226 e. The number of hydrogen-bond donors (Lipinski definition) is 1. The molecule has 6 nitrogen and oxygen atoms in total. The van der Waals surface area contributed by atoms with Crippen LogP contribution in [-0.4, -0.2) is 27.3 Å². The molecule has 5 rings (SSSR count). The zero-order valence-corrected chi connectivity index (χ0v) is 16.1. The molecule has 28 heavy (non-hydrogen) atoms. The lowest BCUT2D eigenvalue weighted by Gasteiger charge is -2.23. The number of amides is 1. The van der Waals surface area contributed by atoms with Crippen molar-refractivity contribution in [2.45, 2.75) is 19.3 Å². The molecule has 0 saturated heterocycles. The van der Waals surface area contributed by atoms with Crippen molar-refractivity contribution >= 4 is 33.3 Å². The SMILES string of the molecule is CCOc1cccc(C2CC(=O)Nc3c2cnn3-c2nc3ccccc3s2)c1. The fourth-order valence-corrected chi connectivity index (χ4v) is 4.53. The standard InChI is InChI=1S/C21H18N4O2S/c1-2-27-14-7-5-6-13(10-14)15-11-19(26)24-20-16(15)12-22-25(20)21-23-17-8-3-4-9-18(17)28-21/h3-10,12,15H,2,11H2,1H3,(H,24,26). The lowest BCUT2D eigenvalue weighted by Crippen LogP contribution is -2.24. The minimum absolute atomic E-state index is 0.0258. The lowest BCUT2D eigenvalue weighted by molar-refractivity contribution is -0.116. The van der Waals surface area contributed by atoms with Gasteiger partial charge in [0.15, 0.2) is 0 Å². The van der Waals surface area contributed by atoms with Crippen LogP contribution in [0.4, 0.5) is 5.82 Å². The zero-order chi connectivity index (χ0) is 19.1.